The Morgan fingerprint density at radius 1 is 1.06 bits per heavy atom. The van der Waals surface area contributed by atoms with Gasteiger partial charge in [-0.25, -0.2) is 4.39 Å². The lowest BCUT2D eigenvalue weighted by molar-refractivity contribution is 0.0971. The van der Waals surface area contributed by atoms with Crippen molar-refractivity contribution in [1.29, 1.82) is 0 Å². The largest absolute Gasteiger partial charge is 0.367 e. The van der Waals surface area contributed by atoms with E-state index in [1.54, 1.807) is 12.1 Å². The van der Waals surface area contributed by atoms with Crippen molar-refractivity contribution >= 4 is 23.1 Å². The molecule has 174 valence electrons. The summed E-state index contributed by atoms with van der Waals surface area (Å²) in [5.41, 5.74) is 7.34. The number of piperidine rings is 1. The molecule has 2 atom stereocenters. The Hall–Kier alpha value is -2.69. The molecular weight excluding hydrogens is 447 g/mol. The normalized spacial score (nSPS) is 20.9. The fraction of sp³-hybridized carbons (Fsp3) is 0.345. The molecule has 1 saturated heterocycles. The van der Waals surface area contributed by atoms with Gasteiger partial charge in [0.15, 0.2) is 5.78 Å². The van der Waals surface area contributed by atoms with E-state index in [0.29, 0.717) is 23.9 Å². The van der Waals surface area contributed by atoms with E-state index in [0.717, 1.165) is 56.0 Å². The summed E-state index contributed by atoms with van der Waals surface area (Å²) in [5.74, 6) is 0.285. The SMILES string of the molecule is O=C(CCCN1CC[C@H]2[C@@H](C1)c1cc(-c3ccccc3Cl)cc3c1N2CC3)c1ccc(F)cc1. The number of Topliss-reactive ketones (excluding diaryl/α,β-unsaturated/α-hetero) is 1. The highest BCUT2D eigenvalue weighted by Gasteiger charge is 2.45. The first kappa shape index (κ1) is 21.8. The van der Waals surface area contributed by atoms with Crippen LogP contribution in [0.25, 0.3) is 11.1 Å². The first-order valence-electron chi connectivity index (χ1n) is 12.3. The van der Waals surface area contributed by atoms with Crippen molar-refractivity contribution in [2.75, 3.05) is 31.1 Å². The van der Waals surface area contributed by atoms with E-state index in [1.165, 1.54) is 34.5 Å². The molecule has 34 heavy (non-hydrogen) atoms. The molecule has 0 saturated carbocycles. The van der Waals surface area contributed by atoms with E-state index in [1.807, 2.05) is 12.1 Å². The molecule has 6 rings (SSSR count). The Labute approximate surface area is 205 Å². The molecule has 3 aromatic carbocycles. The highest BCUT2D eigenvalue weighted by Crippen LogP contribution is 2.51. The third kappa shape index (κ3) is 3.83. The van der Waals surface area contributed by atoms with Crippen LogP contribution in [0.15, 0.2) is 60.7 Å². The molecule has 0 unspecified atom stereocenters. The maximum absolute atomic E-state index is 13.1. The minimum atomic E-state index is -0.306. The summed E-state index contributed by atoms with van der Waals surface area (Å²) >= 11 is 6.55. The van der Waals surface area contributed by atoms with E-state index in [-0.39, 0.29) is 11.6 Å². The first-order valence-corrected chi connectivity index (χ1v) is 12.7. The number of hydrogen-bond donors (Lipinski definition) is 0. The van der Waals surface area contributed by atoms with Gasteiger partial charge in [0, 0.05) is 59.9 Å². The van der Waals surface area contributed by atoms with Crippen molar-refractivity contribution in [2.45, 2.75) is 37.6 Å². The van der Waals surface area contributed by atoms with E-state index in [4.69, 9.17) is 11.6 Å². The number of hydrogen-bond acceptors (Lipinski definition) is 3. The molecule has 5 heteroatoms. The molecule has 0 aromatic heterocycles. The van der Waals surface area contributed by atoms with Crippen LogP contribution in [0.2, 0.25) is 5.02 Å². The van der Waals surface area contributed by atoms with Crippen LogP contribution in [0.4, 0.5) is 10.1 Å². The third-order valence-corrected chi connectivity index (χ3v) is 8.15. The predicted molar refractivity (Wildman–Crippen MR) is 135 cm³/mol. The number of likely N-dealkylation sites (tertiary alicyclic amines) is 1. The van der Waals surface area contributed by atoms with Crippen molar-refractivity contribution in [3.05, 3.63) is 88.2 Å². The monoisotopic (exact) mass is 474 g/mol. The molecule has 3 nitrogen and oxygen atoms in total. The van der Waals surface area contributed by atoms with Crippen LogP contribution in [0.1, 0.15) is 46.7 Å². The van der Waals surface area contributed by atoms with Gasteiger partial charge in [0.25, 0.3) is 0 Å². The first-order chi connectivity index (χ1) is 16.6. The second-order valence-corrected chi connectivity index (χ2v) is 10.2. The average molecular weight is 475 g/mol. The minimum Gasteiger partial charge on any atom is -0.367 e. The van der Waals surface area contributed by atoms with Crippen molar-refractivity contribution < 1.29 is 9.18 Å². The van der Waals surface area contributed by atoms with Gasteiger partial charge < -0.3 is 9.80 Å². The van der Waals surface area contributed by atoms with E-state index < -0.39 is 0 Å². The number of nitrogens with zero attached hydrogens (tertiary/aromatic N) is 2. The van der Waals surface area contributed by atoms with Crippen LogP contribution in [-0.4, -0.2) is 42.9 Å². The Morgan fingerprint density at radius 2 is 1.88 bits per heavy atom. The Balaban J connectivity index is 1.17. The molecule has 0 radical (unpaired) electrons. The molecule has 0 aliphatic carbocycles. The number of fused-ring (bicyclic) bond motifs is 3. The molecule has 3 aliphatic rings. The number of rotatable bonds is 6. The molecule has 3 aromatic rings. The highest BCUT2D eigenvalue weighted by molar-refractivity contribution is 6.33. The smallest absolute Gasteiger partial charge is 0.162 e. The lowest BCUT2D eigenvalue weighted by Gasteiger charge is -2.38. The van der Waals surface area contributed by atoms with Crippen LogP contribution in [0.3, 0.4) is 0 Å². The summed E-state index contributed by atoms with van der Waals surface area (Å²) in [5, 5.41) is 0.801. The second kappa shape index (κ2) is 8.83. The Morgan fingerprint density at radius 3 is 2.71 bits per heavy atom. The second-order valence-electron chi connectivity index (χ2n) is 9.79. The van der Waals surface area contributed by atoms with Crippen molar-refractivity contribution in [1.82, 2.24) is 4.90 Å². The van der Waals surface area contributed by atoms with Gasteiger partial charge in [-0.05, 0) is 85.0 Å². The van der Waals surface area contributed by atoms with Crippen molar-refractivity contribution in [2.24, 2.45) is 0 Å². The van der Waals surface area contributed by atoms with Crippen LogP contribution < -0.4 is 4.90 Å². The summed E-state index contributed by atoms with van der Waals surface area (Å²) in [4.78, 5) is 17.7. The predicted octanol–water partition coefficient (Wildman–Crippen LogP) is 6.34. The fourth-order valence-corrected chi connectivity index (χ4v) is 6.45. The molecule has 3 aliphatic heterocycles. The average Bonchev–Trinajstić information content (AvgIpc) is 3.41. The van der Waals surface area contributed by atoms with Crippen molar-refractivity contribution in [3.8, 4) is 11.1 Å². The zero-order valence-corrected chi connectivity index (χ0v) is 19.9. The molecule has 0 amide bonds. The standard InChI is InChI=1S/C29H28ClFN2O/c30-26-5-2-1-4-23(26)21-16-20-11-15-33-27-12-14-32(18-25(27)24(17-21)29(20)33)13-3-6-28(34)19-7-9-22(31)10-8-19/h1-2,4-5,7-10,16-17,25,27H,3,6,11-15,18H2/t25-,27-/m0/s1. The summed E-state index contributed by atoms with van der Waals surface area (Å²) in [6.45, 7) is 4.14. The van der Waals surface area contributed by atoms with E-state index >= 15 is 0 Å². The zero-order chi connectivity index (χ0) is 23.2. The third-order valence-electron chi connectivity index (χ3n) is 7.82. The summed E-state index contributed by atoms with van der Waals surface area (Å²) in [6.07, 6.45) is 3.60. The van der Waals surface area contributed by atoms with Crippen LogP contribution >= 0.6 is 11.6 Å². The highest BCUT2D eigenvalue weighted by atomic mass is 35.5. The summed E-state index contributed by atoms with van der Waals surface area (Å²) in [7, 11) is 0. The van der Waals surface area contributed by atoms with Crippen LogP contribution in [-0.2, 0) is 6.42 Å². The number of benzene rings is 3. The maximum Gasteiger partial charge on any atom is 0.162 e. The van der Waals surface area contributed by atoms with E-state index in [9.17, 15) is 9.18 Å². The minimum absolute atomic E-state index is 0.0932. The number of carbonyl (C=O) groups is 1. The number of carbonyl (C=O) groups excluding carboxylic acids is 1. The molecule has 3 heterocycles. The topological polar surface area (TPSA) is 23.6 Å². The van der Waals surface area contributed by atoms with Gasteiger partial charge in [-0.3, -0.25) is 4.79 Å². The van der Waals surface area contributed by atoms with Gasteiger partial charge >= 0.3 is 0 Å². The Kier molecular flexibility index (Phi) is 5.66. The Bertz CT molecular complexity index is 1240. The number of halogens is 2. The van der Waals surface area contributed by atoms with Gasteiger partial charge in [-0.1, -0.05) is 29.8 Å². The van der Waals surface area contributed by atoms with Crippen LogP contribution in [0, 0.1) is 5.82 Å². The van der Waals surface area contributed by atoms with Crippen LogP contribution in [0.5, 0.6) is 0 Å². The fourth-order valence-electron chi connectivity index (χ4n) is 6.21. The van der Waals surface area contributed by atoms with Gasteiger partial charge in [-0.15, -0.1) is 0 Å². The molecular formula is C29H28ClFN2O. The lowest BCUT2D eigenvalue weighted by atomic mass is 9.86. The number of ketones is 1. The van der Waals surface area contributed by atoms with Gasteiger partial charge in [0.1, 0.15) is 5.82 Å². The lowest BCUT2D eigenvalue weighted by Crippen LogP contribution is -2.46. The van der Waals surface area contributed by atoms with E-state index in [2.05, 4.69) is 34.1 Å². The van der Waals surface area contributed by atoms with Gasteiger partial charge in [0.05, 0.1) is 0 Å². The maximum atomic E-state index is 13.1. The molecule has 0 N–H and O–H groups in total. The molecule has 0 spiro atoms. The van der Waals surface area contributed by atoms with Gasteiger partial charge in [-0.2, -0.15) is 0 Å². The quantitative estimate of drug-likeness (QED) is 0.389. The van der Waals surface area contributed by atoms with Crippen molar-refractivity contribution in [3.63, 3.8) is 0 Å². The summed E-state index contributed by atoms with van der Waals surface area (Å²) in [6, 6.07) is 19.3. The molecule has 1 fully saturated rings. The summed E-state index contributed by atoms with van der Waals surface area (Å²) < 4.78 is 13.1. The molecule has 0 bridgehead atoms. The zero-order valence-electron chi connectivity index (χ0n) is 19.1. The van der Waals surface area contributed by atoms with Gasteiger partial charge in [0.2, 0.25) is 0 Å². The number of anilines is 1.